The summed E-state index contributed by atoms with van der Waals surface area (Å²) in [7, 11) is -3.88. The molecule has 0 radical (unpaired) electrons. The van der Waals surface area contributed by atoms with Crippen molar-refractivity contribution in [2.24, 2.45) is 5.92 Å². The van der Waals surface area contributed by atoms with Crippen molar-refractivity contribution < 1.29 is 22.7 Å². The topological polar surface area (TPSA) is 97.7 Å². The Labute approximate surface area is 188 Å². The first-order valence-corrected chi connectivity index (χ1v) is 13.0. The lowest BCUT2D eigenvalue weighted by molar-refractivity contribution is -0.133. The maximum atomic E-state index is 13.1. The summed E-state index contributed by atoms with van der Waals surface area (Å²) in [6.45, 7) is 4.72. The van der Waals surface area contributed by atoms with Gasteiger partial charge in [0.2, 0.25) is 11.8 Å². The van der Waals surface area contributed by atoms with Crippen LogP contribution in [0.5, 0.6) is 0 Å². The van der Waals surface area contributed by atoms with E-state index in [0.717, 1.165) is 38.8 Å². The summed E-state index contributed by atoms with van der Waals surface area (Å²) in [5.41, 5.74) is 0.671. The number of rotatable bonds is 7. The first-order valence-electron chi connectivity index (χ1n) is 11.3. The number of hydrogen-bond acceptors (Lipinski definition) is 5. The second kappa shape index (κ2) is 9.62. The van der Waals surface area contributed by atoms with Gasteiger partial charge >= 0.3 is 0 Å². The number of carbonyl (C=O) groups excluding carboxylic acids is 2. The van der Waals surface area contributed by atoms with Crippen LogP contribution < -0.4 is 5.32 Å². The standard InChI is InChI=1S/C23H31N3O5S/c1-17-8-10-25(11-9-17)23(28)15-26-14-21(19-6-2-3-7-20(19)26)32(29,30)16-22(27)24-13-18-5-4-12-31-18/h2-3,6-7,14,17-18H,4-5,8-13,15-16H2,1H3,(H,24,27). The molecule has 2 saturated heterocycles. The van der Waals surface area contributed by atoms with Crippen LogP contribution in [0.15, 0.2) is 35.4 Å². The van der Waals surface area contributed by atoms with Gasteiger partial charge in [-0.25, -0.2) is 8.42 Å². The first-order chi connectivity index (χ1) is 15.3. The summed E-state index contributed by atoms with van der Waals surface area (Å²) in [5, 5.41) is 3.20. The Morgan fingerprint density at radius 3 is 2.62 bits per heavy atom. The number of benzene rings is 1. The quantitative estimate of drug-likeness (QED) is 0.680. The maximum Gasteiger partial charge on any atom is 0.242 e. The summed E-state index contributed by atoms with van der Waals surface area (Å²) in [4.78, 5) is 27.1. The molecule has 1 aromatic carbocycles. The van der Waals surface area contributed by atoms with E-state index in [-0.39, 0.29) is 23.5 Å². The Hall–Kier alpha value is -2.39. The number of ether oxygens (including phenoxy) is 1. The summed E-state index contributed by atoms with van der Waals surface area (Å²) < 4.78 is 33.3. The fourth-order valence-corrected chi connectivity index (χ4v) is 5.83. The van der Waals surface area contributed by atoms with Crippen LogP contribution in [0.3, 0.4) is 0 Å². The Morgan fingerprint density at radius 2 is 1.91 bits per heavy atom. The molecular formula is C23H31N3O5S. The number of nitrogens with zero attached hydrogens (tertiary/aromatic N) is 2. The van der Waals surface area contributed by atoms with Gasteiger partial charge in [-0.15, -0.1) is 0 Å². The summed E-state index contributed by atoms with van der Waals surface area (Å²) in [6, 6.07) is 7.10. The van der Waals surface area contributed by atoms with Crippen molar-refractivity contribution in [3.63, 3.8) is 0 Å². The highest BCUT2D eigenvalue weighted by Crippen LogP contribution is 2.27. The zero-order valence-corrected chi connectivity index (χ0v) is 19.3. The summed E-state index contributed by atoms with van der Waals surface area (Å²) in [5.74, 6) is -0.576. The third-order valence-corrected chi connectivity index (χ3v) is 8.04. The van der Waals surface area contributed by atoms with E-state index in [1.807, 2.05) is 11.0 Å². The normalized spacial score (nSPS) is 20.0. The number of fused-ring (bicyclic) bond motifs is 1. The van der Waals surface area contributed by atoms with Crippen molar-refractivity contribution >= 4 is 32.6 Å². The predicted molar refractivity (Wildman–Crippen MR) is 121 cm³/mol. The molecule has 2 aliphatic rings. The fourth-order valence-electron chi connectivity index (χ4n) is 4.43. The molecule has 32 heavy (non-hydrogen) atoms. The number of aromatic nitrogens is 1. The number of hydrogen-bond donors (Lipinski definition) is 1. The van der Waals surface area contributed by atoms with Gasteiger partial charge in [0.15, 0.2) is 9.84 Å². The van der Waals surface area contributed by atoms with Crippen LogP contribution >= 0.6 is 0 Å². The van der Waals surface area contributed by atoms with Crippen molar-refractivity contribution in [3.8, 4) is 0 Å². The molecule has 0 aliphatic carbocycles. The van der Waals surface area contributed by atoms with Gasteiger partial charge in [-0.3, -0.25) is 9.59 Å². The molecule has 1 unspecified atom stereocenters. The average Bonchev–Trinajstić information content (AvgIpc) is 3.41. The number of nitrogens with one attached hydrogen (secondary N) is 1. The zero-order chi connectivity index (χ0) is 22.7. The van der Waals surface area contributed by atoms with Gasteiger partial charge in [-0.05, 0) is 37.7 Å². The molecule has 2 aliphatic heterocycles. The zero-order valence-electron chi connectivity index (χ0n) is 18.5. The number of amides is 2. The van der Waals surface area contributed by atoms with Crippen LogP contribution in [0.2, 0.25) is 0 Å². The number of para-hydroxylation sites is 1. The average molecular weight is 462 g/mol. The fraction of sp³-hybridized carbons (Fsp3) is 0.565. The smallest absolute Gasteiger partial charge is 0.242 e. The van der Waals surface area contributed by atoms with Crippen molar-refractivity contribution in [1.29, 1.82) is 0 Å². The highest BCUT2D eigenvalue weighted by Gasteiger charge is 2.27. The van der Waals surface area contributed by atoms with E-state index >= 15 is 0 Å². The summed E-state index contributed by atoms with van der Waals surface area (Å²) in [6.07, 6.45) is 5.24. The van der Waals surface area contributed by atoms with Crippen LogP contribution in [-0.2, 0) is 30.7 Å². The molecule has 9 heteroatoms. The lowest BCUT2D eigenvalue weighted by atomic mass is 9.99. The number of piperidine rings is 1. The van der Waals surface area contributed by atoms with Crippen molar-refractivity contribution in [3.05, 3.63) is 30.5 Å². The van der Waals surface area contributed by atoms with Crippen LogP contribution in [0.4, 0.5) is 0 Å². The Balaban J connectivity index is 1.49. The van der Waals surface area contributed by atoms with Gasteiger partial charge in [0.25, 0.3) is 0 Å². The maximum absolute atomic E-state index is 13.1. The number of sulfone groups is 1. The number of likely N-dealkylation sites (tertiary alicyclic amines) is 1. The molecule has 174 valence electrons. The second-order valence-corrected chi connectivity index (χ2v) is 10.9. The van der Waals surface area contributed by atoms with E-state index in [0.29, 0.717) is 30.0 Å². The van der Waals surface area contributed by atoms with E-state index in [1.54, 1.807) is 22.8 Å². The molecule has 2 amide bonds. The van der Waals surface area contributed by atoms with Crippen LogP contribution in [0.1, 0.15) is 32.6 Å². The first kappa shape index (κ1) is 22.8. The molecular weight excluding hydrogens is 430 g/mol. The van der Waals surface area contributed by atoms with Crippen LogP contribution in [0, 0.1) is 5.92 Å². The minimum atomic E-state index is -3.88. The molecule has 2 fully saturated rings. The Bertz CT molecular complexity index is 1080. The highest BCUT2D eigenvalue weighted by molar-refractivity contribution is 7.92. The molecule has 2 aromatic rings. The lowest BCUT2D eigenvalue weighted by Gasteiger charge is -2.30. The molecule has 1 aromatic heterocycles. The van der Waals surface area contributed by atoms with E-state index in [9.17, 15) is 18.0 Å². The molecule has 0 saturated carbocycles. The monoisotopic (exact) mass is 461 g/mol. The largest absolute Gasteiger partial charge is 0.376 e. The molecule has 3 heterocycles. The third-order valence-electron chi connectivity index (χ3n) is 6.40. The van der Waals surface area contributed by atoms with Gasteiger partial charge < -0.3 is 19.5 Å². The molecule has 0 bridgehead atoms. The van der Waals surface area contributed by atoms with Crippen LogP contribution in [-0.4, -0.2) is 67.8 Å². The van der Waals surface area contributed by atoms with Gasteiger partial charge in [-0.2, -0.15) is 0 Å². The molecule has 4 rings (SSSR count). The number of carbonyl (C=O) groups is 2. The van der Waals surface area contributed by atoms with Crippen molar-refractivity contribution in [2.45, 2.75) is 50.2 Å². The molecule has 1 atom stereocenters. The van der Waals surface area contributed by atoms with E-state index in [1.165, 1.54) is 6.20 Å². The van der Waals surface area contributed by atoms with Gasteiger partial charge in [0, 0.05) is 43.3 Å². The van der Waals surface area contributed by atoms with E-state index in [4.69, 9.17) is 4.74 Å². The minimum absolute atomic E-state index is 0.0177. The van der Waals surface area contributed by atoms with Gasteiger partial charge in [0.05, 0.1) is 11.0 Å². The van der Waals surface area contributed by atoms with E-state index < -0.39 is 21.5 Å². The lowest BCUT2D eigenvalue weighted by Crippen LogP contribution is -2.39. The second-order valence-electron chi connectivity index (χ2n) is 8.90. The third kappa shape index (κ3) is 5.15. The van der Waals surface area contributed by atoms with Crippen LogP contribution in [0.25, 0.3) is 10.9 Å². The van der Waals surface area contributed by atoms with Crippen molar-refractivity contribution in [2.75, 3.05) is 32.0 Å². The van der Waals surface area contributed by atoms with E-state index in [2.05, 4.69) is 12.2 Å². The predicted octanol–water partition coefficient (Wildman–Crippen LogP) is 1.97. The van der Waals surface area contributed by atoms with Crippen molar-refractivity contribution in [1.82, 2.24) is 14.8 Å². The Kier molecular flexibility index (Phi) is 6.85. The molecule has 0 spiro atoms. The highest BCUT2D eigenvalue weighted by atomic mass is 32.2. The molecule has 1 N–H and O–H groups in total. The van der Waals surface area contributed by atoms with Gasteiger partial charge in [-0.1, -0.05) is 25.1 Å². The minimum Gasteiger partial charge on any atom is -0.376 e. The SMILES string of the molecule is CC1CCN(C(=O)Cn2cc(S(=O)(=O)CC(=O)NCC3CCCO3)c3ccccc32)CC1. The molecule has 8 nitrogen and oxygen atoms in total. The van der Waals surface area contributed by atoms with Gasteiger partial charge in [0.1, 0.15) is 12.3 Å². The Morgan fingerprint density at radius 1 is 1.16 bits per heavy atom. The summed E-state index contributed by atoms with van der Waals surface area (Å²) >= 11 is 0.